The summed E-state index contributed by atoms with van der Waals surface area (Å²) >= 11 is 0. The highest BCUT2D eigenvalue weighted by molar-refractivity contribution is 5.82. The molecule has 2 rings (SSSR count). The molecule has 0 bridgehead atoms. The molecule has 0 aliphatic heterocycles. The maximum Gasteiger partial charge on any atom is 0.0709 e. The number of hydrogen-bond donors (Lipinski definition) is 1. The van der Waals surface area contributed by atoms with Gasteiger partial charge in [0, 0.05) is 18.5 Å². The Morgan fingerprint density at radius 1 is 1.20 bits per heavy atom. The van der Waals surface area contributed by atoms with E-state index in [1.165, 1.54) is 16.6 Å². The van der Waals surface area contributed by atoms with Crippen LogP contribution in [0.1, 0.15) is 39.8 Å². The van der Waals surface area contributed by atoms with Gasteiger partial charge in [-0.2, -0.15) is 5.10 Å². The average molecular weight is 273 g/mol. The summed E-state index contributed by atoms with van der Waals surface area (Å²) in [6.45, 7) is 12.0. The second kappa shape index (κ2) is 6.40. The van der Waals surface area contributed by atoms with E-state index in [1.807, 2.05) is 0 Å². The molecule has 1 atom stereocenters. The van der Waals surface area contributed by atoms with Crippen molar-refractivity contribution in [3.63, 3.8) is 0 Å². The fourth-order valence-electron chi connectivity index (χ4n) is 2.71. The molecule has 1 heterocycles. The molecule has 0 saturated heterocycles. The fraction of sp³-hybridized carbons (Fsp3) is 0.588. The second-order valence-electron chi connectivity index (χ2n) is 5.90. The minimum Gasteiger partial charge on any atom is -0.316 e. The molecule has 3 nitrogen and oxygen atoms in total. The van der Waals surface area contributed by atoms with Crippen LogP contribution in [0.3, 0.4) is 0 Å². The number of rotatable bonds is 7. The van der Waals surface area contributed by atoms with Crippen LogP contribution in [-0.4, -0.2) is 22.9 Å². The number of para-hydroxylation sites is 1. The lowest BCUT2D eigenvalue weighted by Crippen LogP contribution is -2.33. The molecule has 0 amide bonds. The van der Waals surface area contributed by atoms with Crippen LogP contribution in [0.5, 0.6) is 0 Å². The van der Waals surface area contributed by atoms with E-state index in [0.29, 0.717) is 0 Å². The number of nitrogens with one attached hydrogen (secondary N) is 1. The highest BCUT2D eigenvalue weighted by Gasteiger charge is 2.25. The molecule has 1 unspecified atom stereocenters. The third-order valence-corrected chi connectivity index (χ3v) is 4.28. The largest absolute Gasteiger partial charge is 0.316 e. The van der Waals surface area contributed by atoms with Crippen molar-refractivity contribution in [2.75, 3.05) is 13.1 Å². The lowest BCUT2D eigenvalue weighted by atomic mass is 9.82. The number of hydrogen-bond acceptors (Lipinski definition) is 2. The Labute approximate surface area is 122 Å². The molecular weight excluding hydrogens is 246 g/mol. The Morgan fingerprint density at radius 3 is 2.60 bits per heavy atom. The summed E-state index contributed by atoms with van der Waals surface area (Å²) in [6, 6.07) is 8.58. The highest BCUT2D eigenvalue weighted by Crippen LogP contribution is 2.29. The summed E-state index contributed by atoms with van der Waals surface area (Å²) in [4.78, 5) is 0. The van der Waals surface area contributed by atoms with Crippen molar-refractivity contribution in [3.8, 4) is 0 Å². The summed E-state index contributed by atoms with van der Waals surface area (Å²) in [5.41, 5.74) is 2.77. The lowest BCUT2D eigenvalue weighted by Gasteiger charge is -2.27. The van der Waals surface area contributed by atoms with Gasteiger partial charge in [-0.1, -0.05) is 39.0 Å². The first kappa shape index (κ1) is 15.0. The number of nitrogens with zero attached hydrogens (tertiary/aromatic N) is 2. The van der Waals surface area contributed by atoms with Gasteiger partial charge in [0.2, 0.25) is 0 Å². The first-order valence-electron chi connectivity index (χ1n) is 7.78. The summed E-state index contributed by atoms with van der Waals surface area (Å²) in [7, 11) is 0. The van der Waals surface area contributed by atoms with Crippen molar-refractivity contribution >= 4 is 10.9 Å². The quantitative estimate of drug-likeness (QED) is 0.835. The first-order chi connectivity index (χ1) is 9.63. The topological polar surface area (TPSA) is 29.9 Å². The molecule has 20 heavy (non-hydrogen) atoms. The zero-order chi connectivity index (χ0) is 14.6. The van der Waals surface area contributed by atoms with E-state index in [1.54, 1.807) is 0 Å². The molecule has 0 saturated carbocycles. The van der Waals surface area contributed by atoms with Crippen LogP contribution in [0.4, 0.5) is 0 Å². The van der Waals surface area contributed by atoms with Crippen molar-refractivity contribution in [3.05, 3.63) is 30.0 Å². The van der Waals surface area contributed by atoms with Crippen molar-refractivity contribution in [2.24, 2.45) is 5.41 Å². The predicted molar refractivity (Wildman–Crippen MR) is 86.1 cm³/mol. The van der Waals surface area contributed by atoms with Gasteiger partial charge < -0.3 is 5.32 Å². The van der Waals surface area contributed by atoms with Gasteiger partial charge in [0.05, 0.1) is 11.2 Å². The van der Waals surface area contributed by atoms with Crippen LogP contribution < -0.4 is 5.32 Å². The highest BCUT2D eigenvalue weighted by atomic mass is 15.3. The third kappa shape index (κ3) is 3.04. The number of fused-ring (bicyclic) bond motifs is 1. The maximum absolute atomic E-state index is 4.84. The third-order valence-electron chi connectivity index (χ3n) is 4.28. The van der Waals surface area contributed by atoms with Crippen molar-refractivity contribution in [2.45, 2.75) is 47.1 Å². The second-order valence-corrected chi connectivity index (χ2v) is 5.90. The van der Waals surface area contributed by atoms with Gasteiger partial charge in [-0.15, -0.1) is 0 Å². The predicted octanol–water partition coefficient (Wildman–Crippen LogP) is 3.62. The molecule has 1 aromatic heterocycles. The zero-order valence-corrected chi connectivity index (χ0v) is 13.2. The minimum atomic E-state index is 0.270. The van der Waals surface area contributed by atoms with E-state index in [9.17, 15) is 0 Å². The summed E-state index contributed by atoms with van der Waals surface area (Å²) < 4.78 is 2.12. The van der Waals surface area contributed by atoms with E-state index in [4.69, 9.17) is 5.10 Å². The van der Waals surface area contributed by atoms with Crippen LogP contribution >= 0.6 is 0 Å². The molecule has 2 aromatic rings. The van der Waals surface area contributed by atoms with Gasteiger partial charge in [-0.3, -0.25) is 4.68 Å². The standard InChI is InChI=1S/C17H27N3/c1-5-17(4,13-18-6-2)12-15-14-10-8-9-11-16(14)20(7-3)19-15/h8-11,18H,5-7,12-13H2,1-4H3. The van der Waals surface area contributed by atoms with Gasteiger partial charge in [-0.25, -0.2) is 0 Å². The van der Waals surface area contributed by atoms with Gasteiger partial charge >= 0.3 is 0 Å². The first-order valence-corrected chi connectivity index (χ1v) is 7.78. The zero-order valence-electron chi connectivity index (χ0n) is 13.2. The molecule has 3 heteroatoms. The SMILES string of the molecule is CCNCC(C)(CC)Cc1nn(CC)c2ccccc12. The van der Waals surface area contributed by atoms with E-state index >= 15 is 0 Å². The molecule has 1 N–H and O–H groups in total. The van der Waals surface area contributed by atoms with Gasteiger partial charge in [0.1, 0.15) is 0 Å². The Kier molecular flexibility index (Phi) is 4.81. The molecule has 0 aliphatic carbocycles. The number of aromatic nitrogens is 2. The number of aryl methyl sites for hydroxylation is 1. The Morgan fingerprint density at radius 2 is 1.95 bits per heavy atom. The Hall–Kier alpha value is -1.35. The number of benzene rings is 1. The molecule has 110 valence electrons. The van der Waals surface area contributed by atoms with Crippen LogP contribution in [-0.2, 0) is 13.0 Å². The van der Waals surface area contributed by atoms with Gasteiger partial charge in [0.15, 0.2) is 0 Å². The molecule has 0 fully saturated rings. The lowest BCUT2D eigenvalue weighted by molar-refractivity contribution is 0.290. The van der Waals surface area contributed by atoms with Crippen LogP contribution in [0, 0.1) is 5.41 Å². The summed E-state index contributed by atoms with van der Waals surface area (Å²) in [5.74, 6) is 0. The smallest absolute Gasteiger partial charge is 0.0709 e. The average Bonchev–Trinajstić information content (AvgIpc) is 2.83. The van der Waals surface area contributed by atoms with E-state index in [0.717, 1.165) is 32.5 Å². The molecule has 0 aliphatic rings. The Bertz CT molecular complexity index is 558. The van der Waals surface area contributed by atoms with E-state index in [-0.39, 0.29) is 5.41 Å². The summed E-state index contributed by atoms with van der Waals surface area (Å²) in [5, 5.41) is 9.64. The van der Waals surface area contributed by atoms with Gasteiger partial charge in [-0.05, 0) is 37.8 Å². The van der Waals surface area contributed by atoms with Crippen molar-refractivity contribution < 1.29 is 0 Å². The fourth-order valence-corrected chi connectivity index (χ4v) is 2.71. The van der Waals surface area contributed by atoms with Crippen LogP contribution in [0.15, 0.2) is 24.3 Å². The van der Waals surface area contributed by atoms with Crippen LogP contribution in [0.25, 0.3) is 10.9 Å². The normalized spacial score (nSPS) is 14.6. The van der Waals surface area contributed by atoms with Crippen LogP contribution in [0.2, 0.25) is 0 Å². The van der Waals surface area contributed by atoms with Crippen molar-refractivity contribution in [1.29, 1.82) is 0 Å². The minimum absolute atomic E-state index is 0.270. The molecule has 0 spiro atoms. The van der Waals surface area contributed by atoms with E-state index < -0.39 is 0 Å². The maximum atomic E-state index is 4.84. The molecular formula is C17H27N3. The molecule has 1 aromatic carbocycles. The summed E-state index contributed by atoms with van der Waals surface area (Å²) in [6.07, 6.45) is 2.19. The molecule has 0 radical (unpaired) electrons. The van der Waals surface area contributed by atoms with E-state index in [2.05, 4.69) is 62.0 Å². The van der Waals surface area contributed by atoms with Crippen molar-refractivity contribution in [1.82, 2.24) is 15.1 Å². The van der Waals surface area contributed by atoms with Gasteiger partial charge in [0.25, 0.3) is 0 Å². The Balaban J connectivity index is 2.33. The monoisotopic (exact) mass is 273 g/mol.